The van der Waals surface area contributed by atoms with Gasteiger partial charge in [-0.15, -0.1) is 0 Å². The summed E-state index contributed by atoms with van der Waals surface area (Å²) >= 11 is 5.87. The molecule has 0 radical (unpaired) electrons. The summed E-state index contributed by atoms with van der Waals surface area (Å²) in [7, 11) is 0. The van der Waals surface area contributed by atoms with E-state index in [1.807, 2.05) is 29.2 Å². The first-order valence-corrected chi connectivity index (χ1v) is 9.74. The van der Waals surface area contributed by atoms with E-state index < -0.39 is 0 Å². The van der Waals surface area contributed by atoms with E-state index in [0.29, 0.717) is 31.1 Å². The molecule has 3 rings (SSSR count). The van der Waals surface area contributed by atoms with Crippen LogP contribution in [0.3, 0.4) is 0 Å². The quantitative estimate of drug-likeness (QED) is 0.795. The second-order valence-corrected chi connectivity index (χ2v) is 7.58. The molecule has 1 atom stereocenters. The molecule has 0 aromatic heterocycles. The second-order valence-electron chi connectivity index (χ2n) is 7.14. The number of carbonyl (C=O) groups excluding carboxylic acids is 2. The number of nitrogens with zero attached hydrogens (tertiary/aromatic N) is 1. The second kappa shape index (κ2) is 9.05. The minimum absolute atomic E-state index is 0.0323. The molecule has 142 valence electrons. The lowest BCUT2D eigenvalue weighted by molar-refractivity contribution is -0.129. The van der Waals surface area contributed by atoms with Crippen LogP contribution in [0.5, 0.6) is 0 Å². The SMILES string of the molecule is Cc1ccc(CCN2C[C@H](C(=O)NCCc3ccc(Cl)cc3)CC2=O)cc1. The molecule has 0 unspecified atom stereocenters. The van der Waals surface area contributed by atoms with Gasteiger partial charge in [-0.05, 0) is 43.0 Å². The summed E-state index contributed by atoms with van der Waals surface area (Å²) in [4.78, 5) is 26.4. The molecule has 0 spiro atoms. The molecular weight excluding hydrogens is 360 g/mol. The minimum Gasteiger partial charge on any atom is -0.355 e. The van der Waals surface area contributed by atoms with Crippen LogP contribution in [0.2, 0.25) is 5.02 Å². The fraction of sp³-hybridized carbons (Fsp3) is 0.364. The number of hydrogen-bond acceptors (Lipinski definition) is 2. The molecule has 1 fully saturated rings. The van der Waals surface area contributed by atoms with Crippen LogP contribution in [-0.4, -0.2) is 36.3 Å². The van der Waals surface area contributed by atoms with Gasteiger partial charge in [-0.25, -0.2) is 0 Å². The van der Waals surface area contributed by atoms with Gasteiger partial charge in [-0.3, -0.25) is 9.59 Å². The smallest absolute Gasteiger partial charge is 0.225 e. The Bertz CT molecular complexity index is 787. The molecule has 0 aliphatic carbocycles. The van der Waals surface area contributed by atoms with E-state index in [1.54, 1.807) is 0 Å². The topological polar surface area (TPSA) is 49.4 Å². The highest BCUT2D eigenvalue weighted by Crippen LogP contribution is 2.19. The Morgan fingerprint density at radius 1 is 1.07 bits per heavy atom. The molecule has 0 bridgehead atoms. The standard InChI is InChI=1S/C22H25ClN2O2/c1-16-2-4-18(5-3-16)11-13-25-15-19(14-21(25)26)22(27)24-12-10-17-6-8-20(23)9-7-17/h2-9,19H,10-15H2,1H3,(H,24,27)/t19-/m1/s1. The van der Waals surface area contributed by atoms with E-state index in [1.165, 1.54) is 11.1 Å². The third kappa shape index (κ3) is 5.57. The predicted molar refractivity (Wildman–Crippen MR) is 108 cm³/mol. The largest absolute Gasteiger partial charge is 0.355 e. The van der Waals surface area contributed by atoms with Crippen molar-refractivity contribution in [1.29, 1.82) is 0 Å². The normalized spacial score (nSPS) is 16.6. The highest BCUT2D eigenvalue weighted by molar-refractivity contribution is 6.30. The maximum atomic E-state index is 12.4. The van der Waals surface area contributed by atoms with Gasteiger partial charge in [0.1, 0.15) is 0 Å². The molecule has 1 aliphatic heterocycles. The summed E-state index contributed by atoms with van der Waals surface area (Å²) in [5.41, 5.74) is 3.57. The van der Waals surface area contributed by atoms with Gasteiger partial charge in [0.2, 0.25) is 11.8 Å². The fourth-order valence-corrected chi connectivity index (χ4v) is 3.43. The van der Waals surface area contributed by atoms with Crippen molar-refractivity contribution >= 4 is 23.4 Å². The molecule has 1 heterocycles. The van der Waals surface area contributed by atoms with Crippen LogP contribution < -0.4 is 5.32 Å². The first-order valence-electron chi connectivity index (χ1n) is 9.37. The van der Waals surface area contributed by atoms with Gasteiger partial charge in [0.25, 0.3) is 0 Å². The summed E-state index contributed by atoms with van der Waals surface area (Å²) in [6.07, 6.45) is 1.87. The van der Waals surface area contributed by atoms with Crippen LogP contribution in [0.1, 0.15) is 23.1 Å². The van der Waals surface area contributed by atoms with Gasteiger partial charge >= 0.3 is 0 Å². The molecule has 27 heavy (non-hydrogen) atoms. The van der Waals surface area contributed by atoms with Crippen molar-refractivity contribution in [2.24, 2.45) is 5.92 Å². The van der Waals surface area contributed by atoms with Crippen molar-refractivity contribution in [3.63, 3.8) is 0 Å². The zero-order valence-electron chi connectivity index (χ0n) is 15.6. The lowest BCUT2D eigenvalue weighted by Gasteiger charge is -2.16. The maximum absolute atomic E-state index is 12.4. The van der Waals surface area contributed by atoms with Crippen LogP contribution in [0.4, 0.5) is 0 Å². The average Bonchev–Trinajstić information content (AvgIpc) is 3.04. The third-order valence-electron chi connectivity index (χ3n) is 5.00. The molecule has 2 aromatic carbocycles. The number of halogens is 1. The lowest BCUT2D eigenvalue weighted by Crippen LogP contribution is -2.34. The van der Waals surface area contributed by atoms with Gasteiger partial charge in [-0.2, -0.15) is 0 Å². The van der Waals surface area contributed by atoms with E-state index in [0.717, 1.165) is 18.4 Å². The van der Waals surface area contributed by atoms with E-state index in [2.05, 4.69) is 36.5 Å². The Morgan fingerprint density at radius 3 is 2.41 bits per heavy atom. The highest BCUT2D eigenvalue weighted by Gasteiger charge is 2.33. The van der Waals surface area contributed by atoms with Crippen molar-refractivity contribution in [3.05, 3.63) is 70.2 Å². The van der Waals surface area contributed by atoms with Gasteiger partial charge in [0, 0.05) is 31.1 Å². The Kier molecular flexibility index (Phi) is 6.51. The minimum atomic E-state index is -0.249. The van der Waals surface area contributed by atoms with Gasteiger partial charge in [-0.1, -0.05) is 53.6 Å². The van der Waals surface area contributed by atoms with Gasteiger partial charge < -0.3 is 10.2 Å². The Morgan fingerprint density at radius 2 is 1.70 bits per heavy atom. The summed E-state index contributed by atoms with van der Waals surface area (Å²) in [6, 6.07) is 16.0. The van der Waals surface area contributed by atoms with E-state index in [4.69, 9.17) is 11.6 Å². The van der Waals surface area contributed by atoms with Crippen LogP contribution in [-0.2, 0) is 22.4 Å². The number of nitrogens with one attached hydrogen (secondary N) is 1. The molecular formula is C22H25ClN2O2. The lowest BCUT2D eigenvalue weighted by atomic mass is 10.1. The van der Waals surface area contributed by atoms with Crippen molar-refractivity contribution in [2.75, 3.05) is 19.6 Å². The first-order chi connectivity index (χ1) is 13.0. The van der Waals surface area contributed by atoms with Crippen LogP contribution >= 0.6 is 11.6 Å². The van der Waals surface area contributed by atoms with Crippen molar-refractivity contribution in [3.8, 4) is 0 Å². The summed E-state index contributed by atoms with van der Waals surface area (Å²) < 4.78 is 0. The number of benzene rings is 2. The predicted octanol–water partition coefficient (Wildman–Crippen LogP) is 3.40. The number of hydrogen-bond donors (Lipinski definition) is 1. The summed E-state index contributed by atoms with van der Waals surface area (Å²) in [5, 5.41) is 3.66. The number of amides is 2. The third-order valence-corrected chi connectivity index (χ3v) is 5.25. The van der Waals surface area contributed by atoms with Crippen molar-refractivity contribution in [2.45, 2.75) is 26.2 Å². The Hall–Kier alpha value is -2.33. The first kappa shape index (κ1) is 19.4. The zero-order valence-corrected chi connectivity index (χ0v) is 16.3. The molecule has 2 aromatic rings. The van der Waals surface area contributed by atoms with Crippen molar-refractivity contribution in [1.82, 2.24) is 10.2 Å². The molecule has 5 heteroatoms. The monoisotopic (exact) mass is 384 g/mol. The molecule has 0 saturated carbocycles. The van der Waals surface area contributed by atoms with E-state index in [9.17, 15) is 9.59 Å². The molecule has 1 aliphatic rings. The summed E-state index contributed by atoms with van der Waals surface area (Å²) in [5.74, 6) is -0.212. The number of likely N-dealkylation sites (tertiary alicyclic amines) is 1. The van der Waals surface area contributed by atoms with Crippen molar-refractivity contribution < 1.29 is 9.59 Å². The Labute approximate surface area is 165 Å². The maximum Gasteiger partial charge on any atom is 0.225 e. The van der Waals surface area contributed by atoms with Crippen LogP contribution in [0, 0.1) is 12.8 Å². The number of carbonyl (C=O) groups is 2. The highest BCUT2D eigenvalue weighted by atomic mass is 35.5. The zero-order chi connectivity index (χ0) is 19.2. The molecule has 1 saturated heterocycles. The summed E-state index contributed by atoms with van der Waals surface area (Å²) in [6.45, 7) is 3.80. The van der Waals surface area contributed by atoms with E-state index >= 15 is 0 Å². The Balaban J connectivity index is 1.42. The number of rotatable bonds is 7. The van der Waals surface area contributed by atoms with Crippen LogP contribution in [0.25, 0.3) is 0 Å². The van der Waals surface area contributed by atoms with Crippen LogP contribution in [0.15, 0.2) is 48.5 Å². The fourth-order valence-electron chi connectivity index (χ4n) is 3.31. The molecule has 2 amide bonds. The molecule has 1 N–H and O–H groups in total. The van der Waals surface area contributed by atoms with E-state index in [-0.39, 0.29) is 17.7 Å². The number of aryl methyl sites for hydroxylation is 1. The van der Waals surface area contributed by atoms with Gasteiger partial charge in [0.05, 0.1) is 5.92 Å². The molecule has 4 nitrogen and oxygen atoms in total. The van der Waals surface area contributed by atoms with Gasteiger partial charge in [0.15, 0.2) is 0 Å². The average molecular weight is 385 g/mol.